The molecule has 0 aliphatic heterocycles. The number of hydrogen-bond acceptors (Lipinski definition) is 5. The molecular weight excluding hydrogens is 198 g/mol. The van der Waals surface area contributed by atoms with Gasteiger partial charge < -0.3 is 4.42 Å². The number of halogens is 1. The molecule has 0 fully saturated rings. The second-order valence-corrected chi connectivity index (χ2v) is 3.69. The summed E-state index contributed by atoms with van der Waals surface area (Å²) in [7, 11) is 0. The Kier molecular flexibility index (Phi) is 1.82. The Morgan fingerprint density at radius 3 is 2.83 bits per heavy atom. The first-order chi connectivity index (χ1) is 5.77. The number of rotatable bonds is 1. The van der Waals surface area contributed by atoms with Gasteiger partial charge in [-0.3, -0.25) is 0 Å². The Bertz CT molecular complexity index is 397. The second-order valence-electron chi connectivity index (χ2n) is 2.13. The van der Waals surface area contributed by atoms with Gasteiger partial charge in [-0.15, -0.1) is 10.2 Å². The average molecular weight is 202 g/mol. The molecule has 12 heavy (non-hydrogen) atoms. The molecule has 0 aliphatic carbocycles. The molecule has 0 spiro atoms. The van der Waals surface area contributed by atoms with Crippen molar-refractivity contribution in [3.8, 4) is 10.8 Å². The van der Waals surface area contributed by atoms with Crippen LogP contribution in [-0.2, 0) is 0 Å². The van der Waals surface area contributed by atoms with Gasteiger partial charge in [-0.25, -0.2) is 4.98 Å². The van der Waals surface area contributed by atoms with E-state index in [2.05, 4.69) is 15.2 Å². The van der Waals surface area contributed by atoms with Crippen molar-refractivity contribution in [3.63, 3.8) is 0 Å². The van der Waals surface area contributed by atoms with E-state index in [1.165, 1.54) is 17.7 Å². The number of hydrogen-bond donors (Lipinski definition) is 0. The van der Waals surface area contributed by atoms with Crippen LogP contribution in [0, 0.1) is 6.92 Å². The topological polar surface area (TPSA) is 51.8 Å². The number of oxazole rings is 1. The smallest absolute Gasteiger partial charge is 0.207 e. The monoisotopic (exact) mass is 201 g/mol. The maximum atomic E-state index is 5.61. The minimum Gasteiger partial charge on any atom is -0.441 e. The largest absolute Gasteiger partial charge is 0.441 e. The van der Waals surface area contributed by atoms with Crippen LogP contribution in [-0.4, -0.2) is 15.2 Å². The highest BCUT2D eigenvalue weighted by atomic mass is 35.5. The Balaban J connectivity index is 2.50. The second kappa shape index (κ2) is 2.84. The van der Waals surface area contributed by atoms with Crippen LogP contribution in [0.15, 0.2) is 10.8 Å². The zero-order chi connectivity index (χ0) is 8.55. The molecule has 0 radical (unpaired) electrons. The van der Waals surface area contributed by atoms with Crippen molar-refractivity contribution in [2.45, 2.75) is 6.92 Å². The molecule has 2 aromatic rings. The minimum atomic E-state index is 0.404. The van der Waals surface area contributed by atoms with E-state index in [0.29, 0.717) is 15.2 Å². The Labute approximate surface area is 77.2 Å². The molecule has 62 valence electrons. The van der Waals surface area contributed by atoms with Crippen molar-refractivity contribution < 1.29 is 4.42 Å². The van der Waals surface area contributed by atoms with Gasteiger partial charge in [0.1, 0.15) is 0 Å². The fourth-order valence-electron chi connectivity index (χ4n) is 0.804. The predicted octanol–water partition coefficient (Wildman–Crippen LogP) is 2.15. The summed E-state index contributed by atoms with van der Waals surface area (Å²) >= 11 is 6.88. The highest BCUT2D eigenvalue weighted by Crippen LogP contribution is 2.27. The van der Waals surface area contributed by atoms with Gasteiger partial charge in [-0.1, -0.05) is 11.3 Å². The van der Waals surface area contributed by atoms with Crippen LogP contribution in [0.3, 0.4) is 0 Å². The molecule has 2 rings (SSSR count). The van der Waals surface area contributed by atoms with E-state index >= 15 is 0 Å². The Morgan fingerprint density at radius 1 is 1.50 bits per heavy atom. The van der Waals surface area contributed by atoms with Crippen molar-refractivity contribution >= 4 is 22.9 Å². The van der Waals surface area contributed by atoms with Gasteiger partial charge in [0.2, 0.25) is 4.47 Å². The molecule has 2 aromatic heterocycles. The summed E-state index contributed by atoms with van der Waals surface area (Å²) in [6.45, 7) is 1.84. The van der Waals surface area contributed by atoms with E-state index in [9.17, 15) is 0 Å². The normalized spacial score (nSPS) is 10.5. The van der Waals surface area contributed by atoms with Crippen molar-refractivity contribution in [2.24, 2.45) is 0 Å². The molecule has 0 N–H and O–H groups in total. The molecule has 0 amide bonds. The van der Waals surface area contributed by atoms with Crippen LogP contribution < -0.4 is 0 Å². The van der Waals surface area contributed by atoms with Crippen molar-refractivity contribution in [1.82, 2.24) is 15.2 Å². The highest BCUT2D eigenvalue weighted by Gasteiger charge is 2.11. The highest BCUT2D eigenvalue weighted by molar-refractivity contribution is 7.18. The Hall–Kier alpha value is -0.940. The third kappa shape index (κ3) is 1.21. The molecule has 2 heterocycles. The molecule has 6 heteroatoms. The average Bonchev–Trinajstić information content (AvgIpc) is 2.58. The third-order valence-electron chi connectivity index (χ3n) is 1.34. The van der Waals surface area contributed by atoms with Crippen LogP contribution >= 0.6 is 22.9 Å². The first-order valence-corrected chi connectivity index (χ1v) is 4.36. The lowest BCUT2D eigenvalue weighted by molar-refractivity contribution is 0.570. The maximum absolute atomic E-state index is 5.61. The summed E-state index contributed by atoms with van der Waals surface area (Å²) in [5, 5.41) is 8.14. The van der Waals surface area contributed by atoms with E-state index in [4.69, 9.17) is 16.0 Å². The van der Waals surface area contributed by atoms with Gasteiger partial charge in [0.05, 0.1) is 5.69 Å². The first-order valence-electron chi connectivity index (χ1n) is 3.17. The van der Waals surface area contributed by atoms with Crippen molar-refractivity contribution in [2.75, 3.05) is 0 Å². The van der Waals surface area contributed by atoms with Crippen LogP contribution in [0.5, 0.6) is 0 Å². The van der Waals surface area contributed by atoms with E-state index < -0.39 is 0 Å². The molecule has 0 atom stereocenters. The van der Waals surface area contributed by atoms with Crippen LogP contribution in [0.2, 0.25) is 4.47 Å². The molecule has 0 saturated heterocycles. The van der Waals surface area contributed by atoms with Gasteiger partial charge in [-0.2, -0.15) is 0 Å². The van der Waals surface area contributed by atoms with E-state index in [1.54, 1.807) is 0 Å². The number of aromatic nitrogens is 3. The molecule has 0 unspecified atom stereocenters. The van der Waals surface area contributed by atoms with Gasteiger partial charge in [0.25, 0.3) is 0 Å². The quantitative estimate of drug-likeness (QED) is 0.710. The number of aryl methyl sites for hydroxylation is 1. The van der Waals surface area contributed by atoms with E-state index in [1.807, 2.05) is 6.92 Å². The van der Waals surface area contributed by atoms with Gasteiger partial charge in [0, 0.05) is 0 Å². The maximum Gasteiger partial charge on any atom is 0.207 e. The van der Waals surface area contributed by atoms with Crippen LogP contribution in [0.25, 0.3) is 10.8 Å². The first kappa shape index (κ1) is 7.70. The number of nitrogens with zero attached hydrogens (tertiary/aromatic N) is 3. The van der Waals surface area contributed by atoms with Gasteiger partial charge >= 0.3 is 0 Å². The SMILES string of the molecule is Cc1ncoc1-c1nnc(Cl)s1. The van der Waals surface area contributed by atoms with Crippen molar-refractivity contribution in [1.29, 1.82) is 0 Å². The van der Waals surface area contributed by atoms with E-state index in [0.717, 1.165) is 5.69 Å². The summed E-state index contributed by atoms with van der Waals surface area (Å²) in [5.41, 5.74) is 0.794. The fraction of sp³-hybridized carbons (Fsp3) is 0.167. The van der Waals surface area contributed by atoms with Crippen LogP contribution in [0.4, 0.5) is 0 Å². The van der Waals surface area contributed by atoms with Gasteiger partial charge in [0.15, 0.2) is 17.2 Å². The lowest BCUT2D eigenvalue weighted by Crippen LogP contribution is -1.76. The molecule has 0 bridgehead atoms. The van der Waals surface area contributed by atoms with Gasteiger partial charge in [-0.05, 0) is 18.5 Å². The molecule has 4 nitrogen and oxygen atoms in total. The minimum absolute atomic E-state index is 0.404. The zero-order valence-corrected chi connectivity index (χ0v) is 7.69. The zero-order valence-electron chi connectivity index (χ0n) is 6.11. The fourth-order valence-corrected chi connectivity index (χ4v) is 1.67. The lowest BCUT2D eigenvalue weighted by atomic mass is 10.4. The molecule has 0 saturated carbocycles. The summed E-state index contributed by atoms with van der Waals surface area (Å²) in [6.07, 6.45) is 1.37. The summed E-state index contributed by atoms with van der Waals surface area (Å²) < 4.78 is 5.51. The lowest BCUT2D eigenvalue weighted by Gasteiger charge is -1.85. The predicted molar refractivity (Wildman–Crippen MR) is 45.2 cm³/mol. The molecule has 0 aromatic carbocycles. The molecule has 0 aliphatic rings. The standard InChI is InChI=1S/C6H4ClN3OS/c1-3-4(11-2-8-3)5-9-10-6(7)12-5/h2H,1H3. The Morgan fingerprint density at radius 2 is 2.33 bits per heavy atom. The third-order valence-corrected chi connectivity index (χ3v) is 2.36. The summed E-state index contributed by atoms with van der Waals surface area (Å²) in [6, 6.07) is 0. The van der Waals surface area contributed by atoms with Crippen molar-refractivity contribution in [3.05, 3.63) is 16.6 Å². The molecular formula is C6H4ClN3OS. The van der Waals surface area contributed by atoms with E-state index in [-0.39, 0.29) is 0 Å². The van der Waals surface area contributed by atoms with Crippen LogP contribution in [0.1, 0.15) is 5.69 Å². The summed E-state index contributed by atoms with van der Waals surface area (Å²) in [5.74, 6) is 0.638. The summed E-state index contributed by atoms with van der Waals surface area (Å²) in [4.78, 5) is 3.93.